The van der Waals surface area contributed by atoms with Crippen LogP contribution in [0.2, 0.25) is 0 Å². The second-order valence-corrected chi connectivity index (χ2v) is 12.9. The number of likely N-dealkylation sites (tertiary alicyclic amines) is 1. The molecule has 0 aliphatic carbocycles. The average molecular weight is 638 g/mol. The number of rotatable bonds is 10. The third-order valence-corrected chi connectivity index (χ3v) is 8.95. The van der Waals surface area contributed by atoms with Crippen molar-refractivity contribution in [3.8, 4) is 22.5 Å². The number of alkyl halides is 1. The summed E-state index contributed by atoms with van der Waals surface area (Å²) in [5.41, 5.74) is 2.12. The fourth-order valence-corrected chi connectivity index (χ4v) is 6.63. The van der Waals surface area contributed by atoms with Gasteiger partial charge < -0.3 is 14.6 Å². The maximum absolute atomic E-state index is 13.8. The van der Waals surface area contributed by atoms with E-state index in [0.717, 1.165) is 10.6 Å². The summed E-state index contributed by atoms with van der Waals surface area (Å²) in [6.07, 6.45) is 1.72. The van der Waals surface area contributed by atoms with Crippen molar-refractivity contribution in [1.82, 2.24) is 10.2 Å². The molecule has 12 heteroatoms. The van der Waals surface area contributed by atoms with Crippen LogP contribution in [-0.2, 0) is 14.8 Å². The highest BCUT2D eigenvalue weighted by molar-refractivity contribution is 7.92. The topological polar surface area (TPSA) is 117 Å². The predicted octanol–water partition coefficient (Wildman–Crippen LogP) is 5.58. The van der Waals surface area contributed by atoms with Gasteiger partial charge in [-0.05, 0) is 54.4 Å². The number of hydrogen-bond donors (Lipinski definition) is 1. The highest BCUT2D eigenvalue weighted by Gasteiger charge is 2.29. The molecule has 4 aromatic rings. The summed E-state index contributed by atoms with van der Waals surface area (Å²) in [6, 6.07) is 15.0. The monoisotopic (exact) mass is 637 g/mol. The first-order valence-electron chi connectivity index (χ1n) is 14.5. The van der Waals surface area contributed by atoms with Gasteiger partial charge in [0.15, 0.2) is 5.78 Å². The summed E-state index contributed by atoms with van der Waals surface area (Å²) >= 11 is 0. The van der Waals surface area contributed by atoms with Crippen molar-refractivity contribution in [1.29, 1.82) is 0 Å². The molecule has 1 aliphatic heterocycles. The van der Waals surface area contributed by atoms with Crippen LogP contribution in [0.5, 0.6) is 0 Å². The summed E-state index contributed by atoms with van der Waals surface area (Å²) in [7, 11) is -3.98. The molecule has 1 saturated heterocycles. The first-order chi connectivity index (χ1) is 21.4. The first kappa shape index (κ1) is 31.8. The van der Waals surface area contributed by atoms with E-state index in [2.05, 4.69) is 5.32 Å². The van der Waals surface area contributed by atoms with Gasteiger partial charge in [0.2, 0.25) is 15.9 Å². The Labute approximate surface area is 259 Å². The third kappa shape index (κ3) is 6.60. The average Bonchev–Trinajstić information content (AvgIpc) is 3.62. The van der Waals surface area contributed by atoms with Gasteiger partial charge in [0.1, 0.15) is 23.8 Å². The number of sulfonamides is 1. The molecule has 1 N–H and O–H groups in total. The van der Waals surface area contributed by atoms with E-state index in [1.165, 1.54) is 37.3 Å². The molecule has 45 heavy (non-hydrogen) atoms. The quantitative estimate of drug-likeness (QED) is 0.227. The summed E-state index contributed by atoms with van der Waals surface area (Å²) in [5.74, 6) is -0.956. The first-order valence-corrected chi connectivity index (χ1v) is 16.4. The molecule has 1 fully saturated rings. The summed E-state index contributed by atoms with van der Waals surface area (Å²) in [6.45, 7) is 2.48. The van der Waals surface area contributed by atoms with Gasteiger partial charge in [-0.2, -0.15) is 0 Å². The molecule has 0 bridgehead atoms. The van der Waals surface area contributed by atoms with Gasteiger partial charge in [0.05, 0.1) is 24.1 Å². The zero-order valence-corrected chi connectivity index (χ0v) is 25.9. The van der Waals surface area contributed by atoms with E-state index >= 15 is 0 Å². The fraction of sp³-hybridized carbons (Fsp3) is 0.303. The van der Waals surface area contributed by atoms with Crippen molar-refractivity contribution < 1.29 is 36.0 Å². The highest BCUT2D eigenvalue weighted by Crippen LogP contribution is 2.42. The predicted molar refractivity (Wildman–Crippen MR) is 168 cm³/mol. The van der Waals surface area contributed by atoms with Crippen LogP contribution in [-0.4, -0.2) is 69.5 Å². The van der Waals surface area contributed by atoms with Crippen LogP contribution in [0, 0.1) is 5.82 Å². The molecule has 2 amide bonds. The highest BCUT2D eigenvalue weighted by atomic mass is 32.2. The van der Waals surface area contributed by atoms with Crippen molar-refractivity contribution >= 4 is 44.3 Å². The summed E-state index contributed by atoms with van der Waals surface area (Å²) in [5, 5.41) is 3.22. The molecule has 0 spiro atoms. The minimum Gasteiger partial charge on any atom is -0.455 e. The maximum atomic E-state index is 13.8. The summed E-state index contributed by atoms with van der Waals surface area (Å²) in [4.78, 5) is 39.9. The molecule has 1 aliphatic rings. The molecule has 2 heterocycles. The summed E-state index contributed by atoms with van der Waals surface area (Å²) < 4.78 is 60.4. The van der Waals surface area contributed by atoms with Crippen molar-refractivity contribution in [3.63, 3.8) is 0 Å². The lowest BCUT2D eigenvalue weighted by atomic mass is 9.95. The molecule has 0 saturated carbocycles. The number of anilines is 1. The molecule has 236 valence electrons. The number of Topliss-reactive ketones (excluding diaryl/α,β-unsaturated/α-hetero) is 1. The smallest absolute Gasteiger partial charge is 0.253 e. The molecule has 1 aromatic heterocycles. The molecule has 5 rings (SSSR count). The number of benzene rings is 3. The van der Waals surface area contributed by atoms with Crippen molar-refractivity contribution in [2.75, 3.05) is 36.9 Å². The van der Waals surface area contributed by atoms with E-state index < -0.39 is 29.1 Å². The normalized spacial score (nSPS) is 15.0. The van der Waals surface area contributed by atoms with Crippen LogP contribution in [0.15, 0.2) is 65.1 Å². The second kappa shape index (κ2) is 12.8. The zero-order chi connectivity index (χ0) is 32.5. The Morgan fingerprint density at radius 1 is 1.07 bits per heavy atom. The molecule has 3 aromatic carbocycles. The van der Waals surface area contributed by atoms with Gasteiger partial charge in [-0.15, -0.1) is 0 Å². The molecule has 0 radical (unpaired) electrons. The van der Waals surface area contributed by atoms with Crippen LogP contribution < -0.4 is 9.62 Å². The van der Waals surface area contributed by atoms with Crippen LogP contribution >= 0.6 is 0 Å². The Morgan fingerprint density at radius 3 is 2.44 bits per heavy atom. The lowest BCUT2D eigenvalue weighted by Gasteiger charge is -2.24. The second-order valence-electron chi connectivity index (χ2n) is 11.0. The Kier molecular flexibility index (Phi) is 9.06. The van der Waals surface area contributed by atoms with Gasteiger partial charge in [-0.25, -0.2) is 17.2 Å². The van der Waals surface area contributed by atoms with E-state index in [0.29, 0.717) is 47.2 Å². The fourth-order valence-electron chi connectivity index (χ4n) is 5.72. The number of halogens is 2. The van der Waals surface area contributed by atoms with E-state index in [1.807, 2.05) is 0 Å². The van der Waals surface area contributed by atoms with Gasteiger partial charge in [-0.3, -0.25) is 18.7 Å². The molecular weight excluding hydrogens is 604 g/mol. The number of carbonyl (C=O) groups excluding carboxylic acids is 3. The Bertz CT molecular complexity index is 1890. The van der Waals surface area contributed by atoms with E-state index in [1.54, 1.807) is 42.2 Å². The number of ketones is 1. The van der Waals surface area contributed by atoms with Crippen molar-refractivity contribution in [2.45, 2.75) is 32.7 Å². The Morgan fingerprint density at radius 2 is 1.80 bits per heavy atom. The van der Waals surface area contributed by atoms with Crippen molar-refractivity contribution in [2.24, 2.45) is 0 Å². The van der Waals surface area contributed by atoms with Crippen LogP contribution in [0.4, 0.5) is 14.5 Å². The number of furan rings is 1. The maximum Gasteiger partial charge on any atom is 0.253 e. The van der Waals surface area contributed by atoms with Crippen molar-refractivity contribution in [3.05, 3.63) is 77.6 Å². The number of nitrogens with zero attached hydrogens (tertiary/aromatic N) is 2. The lowest BCUT2D eigenvalue weighted by Crippen LogP contribution is -2.37. The number of amides is 2. The van der Waals surface area contributed by atoms with Crippen LogP contribution in [0.25, 0.3) is 33.4 Å². The Hall–Kier alpha value is -4.58. The van der Waals surface area contributed by atoms with E-state index in [9.17, 15) is 31.6 Å². The van der Waals surface area contributed by atoms with Gasteiger partial charge in [0, 0.05) is 60.6 Å². The largest absolute Gasteiger partial charge is 0.455 e. The zero-order valence-electron chi connectivity index (χ0n) is 25.1. The minimum atomic E-state index is -3.98. The molecule has 9 nitrogen and oxygen atoms in total. The molecule has 1 unspecified atom stereocenters. The van der Waals surface area contributed by atoms with Gasteiger partial charge in [-0.1, -0.05) is 19.1 Å². The van der Waals surface area contributed by atoms with Gasteiger partial charge >= 0.3 is 0 Å². The minimum absolute atomic E-state index is 0.106. The SMILES string of the molecule is CCC(=O)c1c(-c2ccc(F)cc2)oc2cc(N(CCF)S(C)(=O)=O)c(-c3cccc(C(=O)N4CCC(NC(C)=O)C4)c3)cc12. The number of fused-ring (bicyclic) bond motifs is 1. The number of carbonyl (C=O) groups is 3. The van der Waals surface area contributed by atoms with Crippen LogP contribution in [0.3, 0.4) is 0 Å². The molecule has 1 atom stereocenters. The lowest BCUT2D eigenvalue weighted by molar-refractivity contribution is -0.119. The number of nitrogens with one attached hydrogen (secondary N) is 1. The molecular formula is C33H33F2N3O6S. The number of hydrogen-bond acceptors (Lipinski definition) is 6. The van der Waals surface area contributed by atoms with Crippen LogP contribution in [0.1, 0.15) is 47.4 Å². The Balaban J connectivity index is 1.69. The third-order valence-electron chi connectivity index (χ3n) is 7.77. The van der Waals surface area contributed by atoms with Gasteiger partial charge in [0.25, 0.3) is 5.91 Å². The van der Waals surface area contributed by atoms with E-state index in [-0.39, 0.29) is 52.7 Å². The standard InChI is InChI=1S/C33H33F2N3O6S/c1-4-29(40)31-27-17-26(22-6-5-7-23(16-22)33(41)37-14-12-25(19-37)36-20(2)39)28(38(15-13-34)45(3,42)43)18-30(27)44-32(31)21-8-10-24(35)11-9-21/h5-11,16-18,25H,4,12-15,19H2,1-3H3,(H,36,39). The van der Waals surface area contributed by atoms with E-state index in [4.69, 9.17) is 4.42 Å².